The van der Waals surface area contributed by atoms with Crippen LogP contribution in [0.2, 0.25) is 0 Å². The Labute approximate surface area is 110 Å². The minimum atomic E-state index is -0.00818. The van der Waals surface area contributed by atoms with E-state index in [1.807, 2.05) is 20.8 Å². The fraction of sp³-hybridized carbons (Fsp3) is 0.636. The highest BCUT2D eigenvalue weighted by molar-refractivity contribution is 7.73. The van der Waals surface area contributed by atoms with Crippen molar-refractivity contribution >= 4 is 29.5 Å². The molecule has 4 nitrogen and oxygen atoms in total. The van der Waals surface area contributed by atoms with Crippen LogP contribution in [-0.2, 0) is 11.2 Å². The molecule has 0 fully saturated rings. The lowest BCUT2D eigenvalue weighted by atomic mass is 10.2. The molecule has 1 aromatic rings. The Morgan fingerprint density at radius 2 is 2.24 bits per heavy atom. The highest BCUT2D eigenvalue weighted by Crippen LogP contribution is 2.16. The van der Waals surface area contributed by atoms with Crippen molar-refractivity contribution in [3.05, 3.63) is 14.5 Å². The number of nitrogens with one attached hydrogen (secondary N) is 1. The first-order valence-electron chi connectivity index (χ1n) is 5.54. The summed E-state index contributed by atoms with van der Waals surface area (Å²) in [5, 5.41) is 8.95. The predicted octanol–water partition coefficient (Wildman–Crippen LogP) is 1.89. The molecule has 6 heteroatoms. The van der Waals surface area contributed by atoms with Gasteiger partial charge in [-0.05, 0) is 33.0 Å². The maximum atomic E-state index is 12.1. The highest BCUT2D eigenvalue weighted by atomic mass is 32.1. The normalized spacial score (nSPS) is 10.9. The summed E-state index contributed by atoms with van der Waals surface area (Å²) in [6.07, 6.45) is 0.349. The van der Waals surface area contributed by atoms with Crippen LogP contribution in [0.4, 0.5) is 0 Å². The molecule has 1 rings (SSSR count). The molecule has 1 aromatic heterocycles. The fourth-order valence-corrected chi connectivity index (χ4v) is 2.91. The summed E-state index contributed by atoms with van der Waals surface area (Å²) in [5.74, 6) is 0.0300. The van der Waals surface area contributed by atoms with Crippen molar-refractivity contribution in [1.82, 2.24) is 9.88 Å². The number of aliphatic hydroxyl groups excluding tert-OH is 1. The molecule has 96 valence electrons. The SMILES string of the molecule is Cc1[nH]c(=S)sc1CC(=O)N(CCO)C(C)C. The van der Waals surface area contributed by atoms with E-state index in [1.165, 1.54) is 11.3 Å². The summed E-state index contributed by atoms with van der Waals surface area (Å²) in [7, 11) is 0. The third kappa shape index (κ3) is 3.90. The molecule has 0 unspecified atom stereocenters. The van der Waals surface area contributed by atoms with Gasteiger partial charge >= 0.3 is 0 Å². The van der Waals surface area contributed by atoms with Gasteiger partial charge in [0.1, 0.15) is 0 Å². The number of aliphatic hydroxyl groups is 1. The standard InChI is InChI=1S/C11H18N2O2S2/c1-7(2)13(4-5-14)10(15)6-9-8(3)12-11(16)17-9/h7,14H,4-6H2,1-3H3,(H,12,16). The first-order valence-corrected chi connectivity index (χ1v) is 6.77. The third-order valence-corrected chi connectivity index (χ3v) is 3.86. The van der Waals surface area contributed by atoms with Crippen molar-refractivity contribution in [2.75, 3.05) is 13.2 Å². The molecule has 0 saturated carbocycles. The second-order valence-electron chi connectivity index (χ2n) is 4.14. The molecule has 17 heavy (non-hydrogen) atoms. The van der Waals surface area contributed by atoms with Crippen molar-refractivity contribution in [2.24, 2.45) is 0 Å². The van der Waals surface area contributed by atoms with Crippen LogP contribution in [0.3, 0.4) is 0 Å². The average Bonchev–Trinajstić information content (AvgIpc) is 2.53. The highest BCUT2D eigenvalue weighted by Gasteiger charge is 2.18. The molecule has 0 aliphatic heterocycles. The molecule has 0 aliphatic rings. The Hall–Kier alpha value is -0.720. The minimum absolute atomic E-state index is 0.00818. The van der Waals surface area contributed by atoms with Gasteiger partial charge in [-0.25, -0.2) is 0 Å². The molecule has 0 aromatic carbocycles. The van der Waals surface area contributed by atoms with E-state index >= 15 is 0 Å². The molecule has 0 saturated heterocycles. The summed E-state index contributed by atoms with van der Waals surface area (Å²) in [4.78, 5) is 17.8. The lowest BCUT2D eigenvalue weighted by Crippen LogP contribution is -2.39. The van der Waals surface area contributed by atoms with E-state index in [-0.39, 0.29) is 18.6 Å². The first-order chi connectivity index (χ1) is 7.95. The number of hydrogen-bond acceptors (Lipinski definition) is 4. The van der Waals surface area contributed by atoms with E-state index in [4.69, 9.17) is 17.3 Å². The van der Waals surface area contributed by atoms with Gasteiger partial charge in [0, 0.05) is 23.2 Å². The van der Waals surface area contributed by atoms with Gasteiger partial charge in [-0.2, -0.15) is 0 Å². The summed E-state index contributed by atoms with van der Waals surface area (Å²) in [5.41, 5.74) is 0.959. The van der Waals surface area contributed by atoms with Crippen LogP contribution in [0, 0.1) is 10.9 Å². The van der Waals surface area contributed by atoms with E-state index in [2.05, 4.69) is 4.98 Å². The maximum Gasteiger partial charge on any atom is 0.228 e. The molecule has 2 N–H and O–H groups in total. The van der Waals surface area contributed by atoms with Gasteiger partial charge < -0.3 is 15.0 Å². The molecule has 1 heterocycles. The summed E-state index contributed by atoms with van der Waals surface area (Å²) in [6.45, 7) is 6.18. The number of nitrogens with zero attached hydrogens (tertiary/aromatic N) is 1. The van der Waals surface area contributed by atoms with Crippen molar-refractivity contribution in [3.8, 4) is 0 Å². The maximum absolute atomic E-state index is 12.1. The molecule has 0 bridgehead atoms. The number of aromatic amines is 1. The second kappa shape index (κ2) is 6.28. The zero-order chi connectivity index (χ0) is 13.0. The van der Waals surface area contributed by atoms with Gasteiger partial charge in [-0.3, -0.25) is 4.79 Å². The van der Waals surface area contributed by atoms with E-state index in [0.29, 0.717) is 16.9 Å². The third-order valence-electron chi connectivity index (χ3n) is 2.52. The Morgan fingerprint density at radius 3 is 2.65 bits per heavy atom. The minimum Gasteiger partial charge on any atom is -0.395 e. The van der Waals surface area contributed by atoms with Crippen molar-refractivity contribution in [3.63, 3.8) is 0 Å². The van der Waals surface area contributed by atoms with Gasteiger partial charge in [0.15, 0.2) is 3.95 Å². The number of carbonyl (C=O) groups excluding carboxylic acids is 1. The number of rotatable bonds is 5. The van der Waals surface area contributed by atoms with Gasteiger partial charge in [0.25, 0.3) is 0 Å². The molecule has 0 radical (unpaired) electrons. The van der Waals surface area contributed by atoms with E-state index in [0.717, 1.165) is 10.6 Å². The first kappa shape index (κ1) is 14.3. The topological polar surface area (TPSA) is 56.3 Å². The number of amides is 1. The molecular formula is C11H18N2O2S2. The Bertz CT molecular complexity index is 437. The molecule has 1 amide bonds. The van der Waals surface area contributed by atoms with Gasteiger partial charge in [-0.15, -0.1) is 11.3 Å². The lowest BCUT2D eigenvalue weighted by molar-refractivity contribution is -0.132. The van der Waals surface area contributed by atoms with Gasteiger partial charge in [0.2, 0.25) is 5.91 Å². The summed E-state index contributed by atoms with van der Waals surface area (Å²) in [6, 6.07) is 0.0990. The smallest absolute Gasteiger partial charge is 0.228 e. The fourth-order valence-electron chi connectivity index (χ4n) is 1.62. The number of H-pyrrole nitrogens is 1. The van der Waals surface area contributed by atoms with Crippen LogP contribution in [-0.4, -0.2) is 40.1 Å². The Morgan fingerprint density at radius 1 is 1.59 bits per heavy atom. The van der Waals surface area contributed by atoms with Crippen LogP contribution in [0.25, 0.3) is 0 Å². The average molecular weight is 274 g/mol. The molecule has 0 spiro atoms. The monoisotopic (exact) mass is 274 g/mol. The van der Waals surface area contributed by atoms with Crippen LogP contribution < -0.4 is 0 Å². The van der Waals surface area contributed by atoms with Gasteiger partial charge in [0.05, 0.1) is 13.0 Å². The lowest BCUT2D eigenvalue weighted by Gasteiger charge is -2.25. The predicted molar refractivity (Wildman–Crippen MR) is 71.9 cm³/mol. The van der Waals surface area contributed by atoms with Crippen molar-refractivity contribution < 1.29 is 9.90 Å². The largest absolute Gasteiger partial charge is 0.395 e. The number of aryl methyl sites for hydroxylation is 1. The Balaban J connectivity index is 2.76. The van der Waals surface area contributed by atoms with Crippen molar-refractivity contribution in [1.29, 1.82) is 0 Å². The summed E-state index contributed by atoms with van der Waals surface area (Å²) < 4.78 is 0.698. The van der Waals surface area contributed by atoms with E-state index in [1.54, 1.807) is 4.90 Å². The number of carbonyl (C=O) groups is 1. The van der Waals surface area contributed by atoms with Gasteiger partial charge in [-0.1, -0.05) is 0 Å². The second-order valence-corrected chi connectivity index (χ2v) is 5.92. The molecule has 0 aliphatic carbocycles. The Kier molecular flexibility index (Phi) is 5.30. The zero-order valence-electron chi connectivity index (χ0n) is 10.3. The quantitative estimate of drug-likeness (QED) is 0.806. The number of thiazole rings is 1. The molecular weight excluding hydrogens is 256 g/mol. The van der Waals surface area contributed by atoms with E-state index in [9.17, 15) is 4.79 Å². The van der Waals surface area contributed by atoms with E-state index < -0.39 is 0 Å². The zero-order valence-corrected chi connectivity index (χ0v) is 12.0. The van der Waals surface area contributed by atoms with Crippen LogP contribution in [0.1, 0.15) is 24.4 Å². The van der Waals surface area contributed by atoms with Crippen molar-refractivity contribution in [2.45, 2.75) is 33.2 Å². The molecule has 0 atom stereocenters. The number of aromatic nitrogens is 1. The summed E-state index contributed by atoms with van der Waals surface area (Å²) >= 11 is 6.48. The van der Waals surface area contributed by atoms with Crippen LogP contribution in [0.15, 0.2) is 0 Å². The van der Waals surface area contributed by atoms with Crippen LogP contribution in [0.5, 0.6) is 0 Å². The number of hydrogen-bond donors (Lipinski definition) is 2. The van der Waals surface area contributed by atoms with Crippen LogP contribution >= 0.6 is 23.6 Å².